The topological polar surface area (TPSA) is 56.3 Å². The fraction of sp³-hybridized carbons (Fsp3) is 0.263. The Morgan fingerprint density at radius 1 is 1.08 bits per heavy atom. The Kier molecular flexibility index (Phi) is 5.22. The zero-order chi connectivity index (χ0) is 17.9. The van der Waals surface area contributed by atoms with Gasteiger partial charge in [-0.05, 0) is 18.6 Å². The molecule has 5 nitrogen and oxygen atoms in total. The summed E-state index contributed by atoms with van der Waals surface area (Å²) in [4.78, 5) is 5.62. The fourth-order valence-electron chi connectivity index (χ4n) is 2.98. The molecule has 1 atom stereocenters. The largest absolute Gasteiger partial charge is 0.381 e. The maximum atomic E-state index is 6.15. The number of ether oxygens (including phenoxy) is 1. The van der Waals surface area contributed by atoms with Gasteiger partial charge in [0.2, 0.25) is 0 Å². The van der Waals surface area contributed by atoms with Gasteiger partial charge < -0.3 is 4.74 Å². The number of rotatable bonds is 5. The fourth-order valence-corrected chi connectivity index (χ4v) is 3.28. The summed E-state index contributed by atoms with van der Waals surface area (Å²) in [5.41, 5.74) is 4.54. The molecule has 0 bridgehead atoms. The van der Waals surface area contributed by atoms with Gasteiger partial charge in [0.15, 0.2) is 5.82 Å². The molecule has 0 aliphatic carbocycles. The molecule has 1 aliphatic heterocycles. The van der Waals surface area contributed by atoms with Crippen LogP contribution in [0.2, 0.25) is 10.0 Å². The average Bonchev–Trinajstić information content (AvgIpc) is 3.18. The third kappa shape index (κ3) is 3.62. The third-order valence-corrected chi connectivity index (χ3v) is 5.13. The van der Waals surface area contributed by atoms with Crippen LogP contribution in [0.15, 0.2) is 42.5 Å². The number of hydrogen-bond acceptors (Lipinski definition) is 5. The van der Waals surface area contributed by atoms with Crippen molar-refractivity contribution >= 4 is 39.8 Å². The third-order valence-electron chi connectivity index (χ3n) is 4.39. The van der Waals surface area contributed by atoms with Crippen molar-refractivity contribution in [3.05, 3.63) is 52.5 Å². The molecule has 2 aromatic carbocycles. The van der Waals surface area contributed by atoms with Gasteiger partial charge in [0, 0.05) is 28.9 Å². The first-order valence-electron chi connectivity index (χ1n) is 8.39. The zero-order valence-corrected chi connectivity index (χ0v) is 15.4. The highest BCUT2D eigenvalue weighted by molar-refractivity contribution is 6.42. The van der Waals surface area contributed by atoms with E-state index in [4.69, 9.17) is 32.8 Å². The van der Waals surface area contributed by atoms with Crippen molar-refractivity contribution in [2.45, 2.75) is 6.42 Å². The van der Waals surface area contributed by atoms with Crippen LogP contribution < -0.4 is 5.48 Å². The molecule has 0 saturated carbocycles. The second kappa shape index (κ2) is 7.76. The first-order chi connectivity index (χ1) is 12.7. The van der Waals surface area contributed by atoms with Crippen molar-refractivity contribution in [2.24, 2.45) is 5.92 Å². The van der Waals surface area contributed by atoms with E-state index in [-0.39, 0.29) is 0 Å². The second-order valence-electron chi connectivity index (χ2n) is 6.21. The Labute approximate surface area is 161 Å². The lowest BCUT2D eigenvalue weighted by molar-refractivity contribution is 0.126. The molecule has 1 N–H and O–H groups in total. The van der Waals surface area contributed by atoms with E-state index >= 15 is 0 Å². The first-order valence-corrected chi connectivity index (χ1v) is 9.14. The van der Waals surface area contributed by atoms with Gasteiger partial charge in [-0.15, -0.1) is 10.2 Å². The number of nitrogens with zero attached hydrogens (tertiary/aromatic N) is 2. The van der Waals surface area contributed by atoms with Gasteiger partial charge in [-0.1, -0.05) is 53.5 Å². The molecule has 1 unspecified atom stereocenters. The normalized spacial score (nSPS) is 16.9. The van der Waals surface area contributed by atoms with Crippen LogP contribution in [0, 0.1) is 5.92 Å². The summed E-state index contributed by atoms with van der Waals surface area (Å²) in [6, 6.07) is 13.3. The van der Waals surface area contributed by atoms with Crippen molar-refractivity contribution in [2.75, 3.05) is 25.3 Å². The summed E-state index contributed by atoms with van der Waals surface area (Å²) < 4.78 is 5.36. The molecule has 0 radical (unpaired) electrons. The smallest absolute Gasteiger partial charge is 0.180 e. The van der Waals surface area contributed by atoms with Gasteiger partial charge in [-0.3, -0.25) is 4.84 Å². The van der Waals surface area contributed by atoms with Gasteiger partial charge in [-0.2, -0.15) is 0 Å². The standard InChI is InChI=1S/C19H17Cl2N3O2/c20-16-6-5-13(9-17(16)21)18-14-3-1-2-4-15(14)19(23-22-18)24-26-11-12-7-8-25-10-12/h1-6,9,12H,7-8,10-11H2,(H,23,24). The number of aromatic nitrogens is 2. The van der Waals surface area contributed by atoms with Crippen LogP contribution in [0.4, 0.5) is 5.82 Å². The SMILES string of the molecule is Clc1ccc(-c2nnc(NOCC3CCOC3)c3ccccc23)cc1Cl. The lowest BCUT2D eigenvalue weighted by Crippen LogP contribution is -2.14. The number of hydrogen-bond donors (Lipinski definition) is 1. The van der Waals surface area contributed by atoms with Crippen molar-refractivity contribution in [3.63, 3.8) is 0 Å². The minimum absolute atomic E-state index is 0.414. The van der Waals surface area contributed by atoms with Crippen LogP contribution in [0.3, 0.4) is 0 Å². The molecule has 1 aliphatic rings. The van der Waals surface area contributed by atoms with Gasteiger partial charge in [0.1, 0.15) is 5.69 Å². The summed E-state index contributed by atoms with van der Waals surface area (Å²) in [5.74, 6) is 1.00. The highest BCUT2D eigenvalue weighted by Crippen LogP contribution is 2.33. The number of halogens is 2. The van der Waals surface area contributed by atoms with Crippen LogP contribution in [0.1, 0.15) is 6.42 Å². The van der Waals surface area contributed by atoms with Gasteiger partial charge in [0.05, 0.1) is 23.3 Å². The predicted molar refractivity (Wildman–Crippen MR) is 103 cm³/mol. The van der Waals surface area contributed by atoms with E-state index in [2.05, 4.69) is 15.7 Å². The van der Waals surface area contributed by atoms with Crippen molar-refractivity contribution in [3.8, 4) is 11.3 Å². The molecule has 2 heterocycles. The minimum atomic E-state index is 0.414. The summed E-state index contributed by atoms with van der Waals surface area (Å²) in [7, 11) is 0. The molecular formula is C19H17Cl2N3O2. The zero-order valence-electron chi connectivity index (χ0n) is 13.9. The van der Waals surface area contributed by atoms with E-state index in [1.807, 2.05) is 30.3 Å². The summed E-state index contributed by atoms with van der Waals surface area (Å²) in [6.07, 6.45) is 1.02. The minimum Gasteiger partial charge on any atom is -0.381 e. The summed E-state index contributed by atoms with van der Waals surface area (Å²) in [6.45, 7) is 2.12. The van der Waals surface area contributed by atoms with E-state index in [1.165, 1.54) is 0 Å². The Morgan fingerprint density at radius 2 is 1.92 bits per heavy atom. The van der Waals surface area contributed by atoms with Crippen molar-refractivity contribution in [1.29, 1.82) is 0 Å². The van der Waals surface area contributed by atoms with Crippen LogP contribution >= 0.6 is 23.2 Å². The number of fused-ring (bicyclic) bond motifs is 1. The Bertz CT molecular complexity index is 930. The van der Waals surface area contributed by atoms with Crippen molar-refractivity contribution < 1.29 is 9.57 Å². The Morgan fingerprint density at radius 3 is 2.69 bits per heavy atom. The van der Waals surface area contributed by atoms with E-state index in [0.29, 0.717) is 28.4 Å². The highest BCUT2D eigenvalue weighted by atomic mass is 35.5. The van der Waals surface area contributed by atoms with E-state index < -0.39 is 0 Å². The molecule has 1 aromatic heterocycles. The van der Waals surface area contributed by atoms with Gasteiger partial charge in [0.25, 0.3) is 0 Å². The number of anilines is 1. The van der Waals surface area contributed by atoms with E-state index in [9.17, 15) is 0 Å². The highest BCUT2D eigenvalue weighted by Gasteiger charge is 2.17. The molecular weight excluding hydrogens is 373 g/mol. The second-order valence-corrected chi connectivity index (χ2v) is 7.03. The molecule has 134 valence electrons. The molecule has 4 rings (SSSR count). The summed E-state index contributed by atoms with van der Waals surface area (Å²) in [5, 5.41) is 11.6. The van der Waals surface area contributed by atoms with Crippen LogP contribution in [0.5, 0.6) is 0 Å². The average molecular weight is 390 g/mol. The molecule has 1 saturated heterocycles. The molecule has 1 fully saturated rings. The maximum Gasteiger partial charge on any atom is 0.180 e. The maximum absolute atomic E-state index is 6.15. The summed E-state index contributed by atoms with van der Waals surface area (Å²) >= 11 is 12.2. The number of nitrogens with one attached hydrogen (secondary N) is 1. The molecule has 7 heteroatoms. The van der Waals surface area contributed by atoms with Gasteiger partial charge in [-0.25, -0.2) is 5.48 Å². The number of benzene rings is 2. The van der Waals surface area contributed by atoms with E-state index in [1.54, 1.807) is 12.1 Å². The quantitative estimate of drug-likeness (QED) is 0.623. The first kappa shape index (κ1) is 17.5. The molecule has 26 heavy (non-hydrogen) atoms. The lowest BCUT2D eigenvalue weighted by atomic mass is 10.0. The van der Waals surface area contributed by atoms with E-state index in [0.717, 1.165) is 41.7 Å². The Hall–Kier alpha value is -1.92. The predicted octanol–water partition coefficient (Wildman–Crippen LogP) is 4.98. The van der Waals surface area contributed by atoms with Crippen LogP contribution in [0.25, 0.3) is 22.0 Å². The van der Waals surface area contributed by atoms with Crippen molar-refractivity contribution in [1.82, 2.24) is 10.2 Å². The molecule has 3 aromatic rings. The monoisotopic (exact) mass is 389 g/mol. The van der Waals surface area contributed by atoms with Crippen LogP contribution in [-0.2, 0) is 9.57 Å². The molecule has 0 spiro atoms. The van der Waals surface area contributed by atoms with Crippen LogP contribution in [-0.4, -0.2) is 30.0 Å². The molecule has 0 amide bonds. The lowest BCUT2D eigenvalue weighted by Gasteiger charge is -2.13. The Balaban J connectivity index is 1.63. The van der Waals surface area contributed by atoms with Gasteiger partial charge >= 0.3 is 0 Å².